The fourth-order valence-electron chi connectivity index (χ4n) is 1.79. The van der Waals surface area contributed by atoms with Crippen LogP contribution in [0.15, 0.2) is 24.3 Å². The molecule has 1 heterocycles. The average Bonchev–Trinajstić information content (AvgIpc) is 2.18. The maximum Gasteiger partial charge on any atom is 0.123 e. The zero-order valence-electron chi connectivity index (χ0n) is 8.57. The molecule has 1 saturated heterocycles. The Morgan fingerprint density at radius 3 is 2.93 bits per heavy atom. The summed E-state index contributed by atoms with van der Waals surface area (Å²) < 4.78 is 18.6. The second-order valence-corrected chi connectivity index (χ2v) is 3.59. The number of hydrogen-bond acceptors (Lipinski definition) is 2. The molecule has 1 aliphatic heterocycles. The summed E-state index contributed by atoms with van der Waals surface area (Å²) in [5.74, 6) is -0.205. The van der Waals surface area contributed by atoms with E-state index < -0.39 is 0 Å². The third kappa shape index (κ3) is 2.91. The fourth-order valence-corrected chi connectivity index (χ4v) is 1.79. The standard InChI is InChI=1S/C11H14FNO.ClH/c1-8-11(14-6-5-13-8)9-3-2-4-10(12)7-9;/h2-4,7-8,11,13H,5-6H2,1H3;1H. The average molecular weight is 232 g/mol. The first-order valence-electron chi connectivity index (χ1n) is 4.88. The summed E-state index contributed by atoms with van der Waals surface area (Å²) in [7, 11) is 0. The molecule has 1 aromatic rings. The van der Waals surface area contributed by atoms with Gasteiger partial charge in [0.05, 0.1) is 12.7 Å². The molecule has 1 N–H and O–H groups in total. The Morgan fingerprint density at radius 1 is 1.47 bits per heavy atom. The van der Waals surface area contributed by atoms with Gasteiger partial charge in [-0.2, -0.15) is 0 Å². The minimum atomic E-state index is -0.205. The molecule has 0 bridgehead atoms. The van der Waals surface area contributed by atoms with Crippen LogP contribution in [-0.4, -0.2) is 19.2 Å². The molecular formula is C11H15ClFNO. The van der Waals surface area contributed by atoms with Crippen molar-refractivity contribution in [3.8, 4) is 0 Å². The van der Waals surface area contributed by atoms with E-state index in [9.17, 15) is 4.39 Å². The number of morpholine rings is 1. The molecule has 1 fully saturated rings. The fraction of sp³-hybridized carbons (Fsp3) is 0.455. The second kappa shape index (κ2) is 5.45. The van der Waals surface area contributed by atoms with Crippen LogP contribution in [0.3, 0.4) is 0 Å². The van der Waals surface area contributed by atoms with Crippen molar-refractivity contribution in [2.45, 2.75) is 19.1 Å². The van der Waals surface area contributed by atoms with Crippen LogP contribution in [-0.2, 0) is 4.74 Å². The van der Waals surface area contributed by atoms with Crippen LogP contribution in [0.25, 0.3) is 0 Å². The first-order valence-corrected chi connectivity index (χ1v) is 4.88. The summed E-state index contributed by atoms with van der Waals surface area (Å²) in [6.07, 6.45) is -0.0283. The van der Waals surface area contributed by atoms with Gasteiger partial charge in [0.1, 0.15) is 5.82 Å². The largest absolute Gasteiger partial charge is 0.371 e. The van der Waals surface area contributed by atoms with Crippen LogP contribution < -0.4 is 5.32 Å². The third-order valence-corrected chi connectivity index (χ3v) is 2.50. The molecule has 2 rings (SSSR count). The van der Waals surface area contributed by atoms with Crippen LogP contribution in [0.2, 0.25) is 0 Å². The van der Waals surface area contributed by atoms with Crippen molar-refractivity contribution in [2.75, 3.05) is 13.2 Å². The number of ether oxygens (including phenoxy) is 1. The SMILES string of the molecule is CC1NCCOC1c1cccc(F)c1.Cl. The Morgan fingerprint density at radius 2 is 2.27 bits per heavy atom. The van der Waals surface area contributed by atoms with Crippen LogP contribution in [0.1, 0.15) is 18.6 Å². The predicted molar refractivity (Wildman–Crippen MR) is 59.8 cm³/mol. The third-order valence-electron chi connectivity index (χ3n) is 2.50. The minimum absolute atomic E-state index is 0. The Balaban J connectivity index is 0.00000112. The molecule has 4 heteroatoms. The van der Waals surface area contributed by atoms with Gasteiger partial charge in [-0.15, -0.1) is 12.4 Å². The van der Waals surface area contributed by atoms with Gasteiger partial charge in [-0.25, -0.2) is 4.39 Å². The molecule has 15 heavy (non-hydrogen) atoms. The number of nitrogens with one attached hydrogen (secondary N) is 1. The van der Waals surface area contributed by atoms with Gasteiger partial charge in [0.2, 0.25) is 0 Å². The van der Waals surface area contributed by atoms with Crippen molar-refractivity contribution in [1.29, 1.82) is 0 Å². The number of rotatable bonds is 1. The molecule has 0 amide bonds. The number of benzene rings is 1. The molecular weight excluding hydrogens is 217 g/mol. The lowest BCUT2D eigenvalue weighted by Crippen LogP contribution is -2.41. The highest BCUT2D eigenvalue weighted by Crippen LogP contribution is 2.23. The van der Waals surface area contributed by atoms with E-state index in [0.717, 1.165) is 12.1 Å². The Bertz CT molecular complexity index is 321. The highest BCUT2D eigenvalue weighted by Gasteiger charge is 2.23. The van der Waals surface area contributed by atoms with E-state index in [2.05, 4.69) is 12.2 Å². The van der Waals surface area contributed by atoms with E-state index in [0.29, 0.717) is 6.61 Å². The lowest BCUT2D eigenvalue weighted by Gasteiger charge is -2.30. The molecule has 2 nitrogen and oxygen atoms in total. The van der Waals surface area contributed by atoms with Gasteiger partial charge in [-0.3, -0.25) is 0 Å². The molecule has 1 aromatic carbocycles. The van der Waals surface area contributed by atoms with Crippen molar-refractivity contribution < 1.29 is 9.13 Å². The van der Waals surface area contributed by atoms with Crippen molar-refractivity contribution in [3.05, 3.63) is 35.6 Å². The lowest BCUT2D eigenvalue weighted by atomic mass is 10.0. The monoisotopic (exact) mass is 231 g/mol. The van der Waals surface area contributed by atoms with E-state index in [1.807, 2.05) is 6.07 Å². The minimum Gasteiger partial charge on any atom is -0.371 e. The van der Waals surface area contributed by atoms with Crippen LogP contribution in [0, 0.1) is 5.82 Å². The van der Waals surface area contributed by atoms with Crippen molar-refractivity contribution >= 4 is 12.4 Å². The van der Waals surface area contributed by atoms with Crippen molar-refractivity contribution in [2.24, 2.45) is 0 Å². The van der Waals surface area contributed by atoms with Crippen molar-refractivity contribution in [3.63, 3.8) is 0 Å². The molecule has 0 aromatic heterocycles. The maximum atomic E-state index is 13.0. The Labute approximate surface area is 95.2 Å². The molecule has 2 unspecified atom stereocenters. The van der Waals surface area contributed by atoms with E-state index in [-0.39, 0.29) is 30.4 Å². The van der Waals surface area contributed by atoms with Gasteiger partial charge in [0.25, 0.3) is 0 Å². The normalized spacial score (nSPS) is 25.7. The molecule has 0 radical (unpaired) electrons. The summed E-state index contributed by atoms with van der Waals surface area (Å²) in [4.78, 5) is 0. The van der Waals surface area contributed by atoms with E-state index in [1.165, 1.54) is 12.1 Å². The van der Waals surface area contributed by atoms with Gasteiger partial charge < -0.3 is 10.1 Å². The van der Waals surface area contributed by atoms with Crippen LogP contribution in [0.5, 0.6) is 0 Å². The quantitative estimate of drug-likeness (QED) is 0.801. The Kier molecular flexibility index (Phi) is 4.51. The van der Waals surface area contributed by atoms with Gasteiger partial charge in [0.15, 0.2) is 0 Å². The van der Waals surface area contributed by atoms with Gasteiger partial charge in [-0.05, 0) is 24.6 Å². The molecule has 1 aliphatic rings. The highest BCUT2D eigenvalue weighted by atomic mass is 35.5. The summed E-state index contributed by atoms with van der Waals surface area (Å²) in [5, 5.41) is 3.30. The zero-order valence-corrected chi connectivity index (χ0v) is 9.39. The van der Waals surface area contributed by atoms with Crippen molar-refractivity contribution in [1.82, 2.24) is 5.32 Å². The summed E-state index contributed by atoms with van der Waals surface area (Å²) in [5.41, 5.74) is 0.907. The molecule has 0 saturated carbocycles. The molecule has 0 spiro atoms. The topological polar surface area (TPSA) is 21.3 Å². The maximum absolute atomic E-state index is 13.0. The number of hydrogen-bond donors (Lipinski definition) is 1. The Hall–Kier alpha value is -0.640. The second-order valence-electron chi connectivity index (χ2n) is 3.59. The number of halogens is 2. The van der Waals surface area contributed by atoms with Gasteiger partial charge in [0, 0.05) is 12.6 Å². The highest BCUT2D eigenvalue weighted by molar-refractivity contribution is 5.85. The van der Waals surface area contributed by atoms with E-state index in [1.54, 1.807) is 6.07 Å². The summed E-state index contributed by atoms with van der Waals surface area (Å²) in [6.45, 7) is 3.60. The molecule has 0 aliphatic carbocycles. The van der Waals surface area contributed by atoms with Crippen LogP contribution in [0.4, 0.5) is 4.39 Å². The lowest BCUT2D eigenvalue weighted by molar-refractivity contribution is -0.000382. The van der Waals surface area contributed by atoms with E-state index in [4.69, 9.17) is 4.74 Å². The predicted octanol–water partition coefficient (Wildman–Crippen LogP) is 2.30. The van der Waals surface area contributed by atoms with Gasteiger partial charge >= 0.3 is 0 Å². The van der Waals surface area contributed by atoms with E-state index >= 15 is 0 Å². The molecule has 2 atom stereocenters. The van der Waals surface area contributed by atoms with Crippen LogP contribution >= 0.6 is 12.4 Å². The first kappa shape index (κ1) is 12.4. The van der Waals surface area contributed by atoms with Gasteiger partial charge in [-0.1, -0.05) is 12.1 Å². The summed E-state index contributed by atoms with van der Waals surface area (Å²) in [6, 6.07) is 6.84. The molecule has 84 valence electrons. The first-order chi connectivity index (χ1) is 6.77. The smallest absolute Gasteiger partial charge is 0.123 e. The zero-order chi connectivity index (χ0) is 9.97. The summed E-state index contributed by atoms with van der Waals surface area (Å²) >= 11 is 0.